The van der Waals surface area contributed by atoms with Crippen LogP contribution < -0.4 is 0 Å². The fraction of sp³-hybridized carbons (Fsp3) is 0.400. The van der Waals surface area contributed by atoms with Crippen LogP contribution in [0.1, 0.15) is 37.7 Å². The summed E-state index contributed by atoms with van der Waals surface area (Å²) in [6.07, 6.45) is 4.36. The van der Waals surface area contributed by atoms with E-state index in [1.165, 1.54) is 16.3 Å². The van der Waals surface area contributed by atoms with Gasteiger partial charge in [-0.15, -0.1) is 0 Å². The molecular formula is C20H23NO3. The van der Waals surface area contributed by atoms with E-state index in [1.54, 1.807) is 4.90 Å². The van der Waals surface area contributed by atoms with Gasteiger partial charge in [0.05, 0.1) is 0 Å². The second-order valence-corrected chi connectivity index (χ2v) is 6.47. The van der Waals surface area contributed by atoms with Crippen molar-refractivity contribution in [3.05, 3.63) is 48.0 Å². The van der Waals surface area contributed by atoms with Gasteiger partial charge in [0, 0.05) is 13.0 Å². The maximum atomic E-state index is 12.4. The Balaban J connectivity index is 1.56. The molecule has 0 spiro atoms. The third-order valence-electron chi connectivity index (χ3n) is 4.78. The Hall–Kier alpha value is -2.36. The first-order chi connectivity index (χ1) is 11.6. The zero-order valence-corrected chi connectivity index (χ0v) is 13.8. The number of carbonyl (C=O) groups is 2. The first kappa shape index (κ1) is 16.5. The Kier molecular flexibility index (Phi) is 5.14. The lowest BCUT2D eigenvalue weighted by Crippen LogP contribution is -2.47. The van der Waals surface area contributed by atoms with Gasteiger partial charge in [0.15, 0.2) is 0 Å². The second kappa shape index (κ2) is 7.47. The molecule has 126 valence electrons. The first-order valence-electron chi connectivity index (χ1n) is 8.65. The third-order valence-corrected chi connectivity index (χ3v) is 4.78. The topological polar surface area (TPSA) is 57.6 Å². The summed E-state index contributed by atoms with van der Waals surface area (Å²) in [5.74, 6) is -0.902. The van der Waals surface area contributed by atoms with Crippen molar-refractivity contribution in [1.82, 2.24) is 4.90 Å². The third kappa shape index (κ3) is 3.75. The van der Waals surface area contributed by atoms with Crippen LogP contribution in [0.4, 0.5) is 0 Å². The summed E-state index contributed by atoms with van der Waals surface area (Å²) >= 11 is 0. The molecule has 0 saturated carbocycles. The van der Waals surface area contributed by atoms with Crippen LogP contribution in [-0.2, 0) is 16.0 Å². The summed E-state index contributed by atoms with van der Waals surface area (Å²) in [5.41, 5.74) is 1.22. The molecule has 2 aromatic carbocycles. The van der Waals surface area contributed by atoms with E-state index in [4.69, 9.17) is 0 Å². The molecule has 0 aliphatic carbocycles. The summed E-state index contributed by atoms with van der Waals surface area (Å²) in [7, 11) is 0. The number of piperidine rings is 1. The molecule has 1 atom stereocenters. The van der Waals surface area contributed by atoms with Gasteiger partial charge in [0.2, 0.25) is 5.91 Å². The van der Waals surface area contributed by atoms with Gasteiger partial charge in [-0.1, -0.05) is 42.5 Å². The Labute approximate surface area is 142 Å². The highest BCUT2D eigenvalue weighted by atomic mass is 16.4. The lowest BCUT2D eigenvalue weighted by molar-refractivity contribution is -0.152. The maximum Gasteiger partial charge on any atom is 0.326 e. The van der Waals surface area contributed by atoms with Crippen molar-refractivity contribution < 1.29 is 14.7 Å². The number of carboxylic acid groups (broad SMARTS) is 1. The molecule has 3 rings (SSSR count). The molecule has 0 bridgehead atoms. The number of carboxylic acids is 1. The molecule has 1 heterocycles. The van der Waals surface area contributed by atoms with Crippen LogP contribution in [0.5, 0.6) is 0 Å². The number of amides is 1. The van der Waals surface area contributed by atoms with Crippen LogP contribution >= 0.6 is 0 Å². The summed E-state index contributed by atoms with van der Waals surface area (Å²) in [6.45, 7) is 0.575. The van der Waals surface area contributed by atoms with Crippen molar-refractivity contribution in [2.24, 2.45) is 0 Å². The van der Waals surface area contributed by atoms with E-state index in [2.05, 4.69) is 30.3 Å². The van der Waals surface area contributed by atoms with E-state index in [0.29, 0.717) is 19.4 Å². The molecule has 2 aromatic rings. The van der Waals surface area contributed by atoms with Gasteiger partial charge >= 0.3 is 5.97 Å². The smallest absolute Gasteiger partial charge is 0.326 e. The summed E-state index contributed by atoms with van der Waals surface area (Å²) in [6, 6.07) is 14.0. The van der Waals surface area contributed by atoms with Crippen molar-refractivity contribution in [3.63, 3.8) is 0 Å². The Morgan fingerprint density at radius 3 is 2.67 bits per heavy atom. The van der Waals surface area contributed by atoms with Crippen molar-refractivity contribution >= 4 is 22.6 Å². The number of nitrogens with zero attached hydrogens (tertiary/aromatic N) is 1. The lowest BCUT2D eigenvalue weighted by Gasteiger charge is -2.33. The van der Waals surface area contributed by atoms with Crippen LogP contribution in [-0.4, -0.2) is 34.5 Å². The van der Waals surface area contributed by atoms with E-state index in [1.807, 2.05) is 12.1 Å². The predicted octanol–water partition coefficient (Wildman–Crippen LogP) is 3.63. The summed E-state index contributed by atoms with van der Waals surface area (Å²) in [5, 5.41) is 11.7. The van der Waals surface area contributed by atoms with Crippen molar-refractivity contribution in [2.75, 3.05) is 6.54 Å². The predicted molar refractivity (Wildman–Crippen MR) is 93.9 cm³/mol. The largest absolute Gasteiger partial charge is 0.480 e. The fourth-order valence-corrected chi connectivity index (χ4v) is 3.47. The van der Waals surface area contributed by atoms with E-state index in [-0.39, 0.29) is 5.91 Å². The number of hydrogen-bond acceptors (Lipinski definition) is 2. The molecule has 1 saturated heterocycles. The highest BCUT2D eigenvalue weighted by Crippen LogP contribution is 2.20. The quantitative estimate of drug-likeness (QED) is 0.913. The Morgan fingerprint density at radius 1 is 1.08 bits per heavy atom. The lowest BCUT2D eigenvalue weighted by atomic mass is 10.00. The molecule has 0 radical (unpaired) electrons. The summed E-state index contributed by atoms with van der Waals surface area (Å²) < 4.78 is 0. The number of fused-ring (bicyclic) bond motifs is 1. The maximum absolute atomic E-state index is 12.4. The van der Waals surface area contributed by atoms with Gasteiger partial charge in [-0.25, -0.2) is 4.79 Å². The minimum absolute atomic E-state index is 0.0251. The molecule has 4 heteroatoms. The molecule has 1 aliphatic rings. The van der Waals surface area contributed by atoms with E-state index >= 15 is 0 Å². The van der Waals surface area contributed by atoms with Crippen LogP contribution in [0.3, 0.4) is 0 Å². The van der Waals surface area contributed by atoms with Gasteiger partial charge in [0.25, 0.3) is 0 Å². The number of aryl methyl sites for hydroxylation is 1. The molecular weight excluding hydrogens is 302 g/mol. The number of aliphatic carboxylic acids is 1. The SMILES string of the molecule is O=C(O)C1CCCCN1C(=O)CCCc1ccc2ccccc2c1. The van der Waals surface area contributed by atoms with Crippen LogP contribution in [0.25, 0.3) is 10.8 Å². The fourth-order valence-electron chi connectivity index (χ4n) is 3.47. The molecule has 1 aliphatic heterocycles. The molecule has 1 fully saturated rings. The Morgan fingerprint density at radius 2 is 1.88 bits per heavy atom. The van der Waals surface area contributed by atoms with Gasteiger partial charge in [-0.2, -0.15) is 0 Å². The average molecular weight is 325 g/mol. The molecule has 1 unspecified atom stereocenters. The van der Waals surface area contributed by atoms with Crippen LogP contribution in [0, 0.1) is 0 Å². The van der Waals surface area contributed by atoms with Gasteiger partial charge in [-0.05, 0) is 48.4 Å². The molecule has 1 N–H and O–H groups in total. The van der Waals surface area contributed by atoms with Crippen molar-refractivity contribution in [1.29, 1.82) is 0 Å². The number of carbonyl (C=O) groups excluding carboxylic acids is 1. The summed E-state index contributed by atoms with van der Waals surface area (Å²) in [4.78, 5) is 25.2. The Bertz CT molecular complexity index is 740. The monoisotopic (exact) mass is 325 g/mol. The normalized spacial score (nSPS) is 17.8. The van der Waals surface area contributed by atoms with Crippen molar-refractivity contribution in [2.45, 2.75) is 44.6 Å². The zero-order chi connectivity index (χ0) is 16.9. The molecule has 1 amide bonds. The zero-order valence-electron chi connectivity index (χ0n) is 13.8. The molecule has 4 nitrogen and oxygen atoms in total. The van der Waals surface area contributed by atoms with E-state index in [9.17, 15) is 14.7 Å². The number of hydrogen-bond donors (Lipinski definition) is 1. The number of benzene rings is 2. The number of likely N-dealkylation sites (tertiary alicyclic amines) is 1. The van der Waals surface area contributed by atoms with Crippen molar-refractivity contribution in [3.8, 4) is 0 Å². The van der Waals surface area contributed by atoms with Gasteiger partial charge < -0.3 is 10.0 Å². The molecule has 0 aromatic heterocycles. The molecule has 24 heavy (non-hydrogen) atoms. The second-order valence-electron chi connectivity index (χ2n) is 6.47. The number of rotatable bonds is 5. The highest BCUT2D eigenvalue weighted by molar-refractivity contribution is 5.84. The van der Waals surface area contributed by atoms with Gasteiger partial charge in [-0.3, -0.25) is 4.79 Å². The highest BCUT2D eigenvalue weighted by Gasteiger charge is 2.31. The van der Waals surface area contributed by atoms with Crippen LogP contribution in [0.15, 0.2) is 42.5 Å². The van der Waals surface area contributed by atoms with Crippen LogP contribution in [0.2, 0.25) is 0 Å². The minimum atomic E-state index is -0.877. The van der Waals surface area contributed by atoms with Gasteiger partial charge in [0.1, 0.15) is 6.04 Å². The standard InChI is InChI=1S/C20H23NO3/c22-19(21-13-4-3-9-18(21)20(23)24)10-5-6-15-11-12-16-7-1-2-8-17(16)14-15/h1-2,7-8,11-12,14,18H,3-6,9-10,13H2,(H,23,24). The average Bonchev–Trinajstić information content (AvgIpc) is 2.61. The van der Waals surface area contributed by atoms with E-state index in [0.717, 1.165) is 25.7 Å². The first-order valence-corrected chi connectivity index (χ1v) is 8.65. The minimum Gasteiger partial charge on any atom is -0.480 e. The van der Waals surface area contributed by atoms with E-state index < -0.39 is 12.0 Å².